The van der Waals surface area contributed by atoms with E-state index in [1.54, 1.807) is 26.8 Å². The molecule has 7 nitrogen and oxygen atoms in total. The minimum absolute atomic E-state index is 0.0223. The van der Waals surface area contributed by atoms with Crippen molar-refractivity contribution in [3.05, 3.63) is 41.5 Å². The van der Waals surface area contributed by atoms with Gasteiger partial charge in [-0.25, -0.2) is 4.79 Å². The molecule has 28 heavy (non-hydrogen) atoms. The summed E-state index contributed by atoms with van der Waals surface area (Å²) < 4.78 is 10.8. The summed E-state index contributed by atoms with van der Waals surface area (Å²) in [6.45, 7) is 5.57. The summed E-state index contributed by atoms with van der Waals surface area (Å²) in [4.78, 5) is 24.7. The van der Waals surface area contributed by atoms with E-state index in [4.69, 9.17) is 9.47 Å². The van der Waals surface area contributed by atoms with Crippen LogP contribution in [0.2, 0.25) is 0 Å². The van der Waals surface area contributed by atoms with Crippen molar-refractivity contribution in [2.75, 3.05) is 6.61 Å². The van der Waals surface area contributed by atoms with E-state index in [1.165, 1.54) is 30.4 Å². The Kier molecular flexibility index (Phi) is 7.37. The van der Waals surface area contributed by atoms with Gasteiger partial charge in [0.1, 0.15) is 29.3 Å². The van der Waals surface area contributed by atoms with Gasteiger partial charge in [0.05, 0.1) is 12.7 Å². The van der Waals surface area contributed by atoms with Crippen molar-refractivity contribution in [3.8, 4) is 11.5 Å². The first-order valence-electron chi connectivity index (χ1n) is 9.20. The molecule has 0 aliphatic carbocycles. The van der Waals surface area contributed by atoms with Gasteiger partial charge in [-0.15, -0.1) is 0 Å². The lowest BCUT2D eigenvalue weighted by Crippen LogP contribution is -2.32. The second kappa shape index (κ2) is 9.52. The molecule has 1 aliphatic rings. The van der Waals surface area contributed by atoms with E-state index < -0.39 is 30.1 Å². The highest BCUT2D eigenvalue weighted by molar-refractivity contribution is 5.97. The Hall–Kier alpha value is -2.64. The van der Waals surface area contributed by atoms with Crippen LogP contribution in [0.25, 0.3) is 6.08 Å². The van der Waals surface area contributed by atoms with E-state index in [0.717, 1.165) is 0 Å². The van der Waals surface area contributed by atoms with Crippen molar-refractivity contribution in [2.45, 2.75) is 45.5 Å². The lowest BCUT2D eigenvalue weighted by atomic mass is 9.99. The number of aromatic hydroxyl groups is 1. The SMILES string of the molecule is CCOc1cc(O)c2c(c1)/C=C/C[C@H](O)[C@H](O)C(=O)/C=C\[C@@H](C)[C@H](C)OC2=O. The number of hydrogen-bond acceptors (Lipinski definition) is 7. The molecule has 0 amide bonds. The number of phenols is 1. The van der Waals surface area contributed by atoms with Gasteiger partial charge in [-0.1, -0.05) is 25.2 Å². The summed E-state index contributed by atoms with van der Waals surface area (Å²) in [6, 6.07) is 2.91. The fraction of sp³-hybridized carbons (Fsp3) is 0.429. The second-order valence-electron chi connectivity index (χ2n) is 6.72. The van der Waals surface area contributed by atoms with Crippen LogP contribution in [-0.4, -0.2) is 52.0 Å². The molecule has 3 N–H and O–H groups in total. The Balaban J connectivity index is 2.50. The fourth-order valence-corrected chi connectivity index (χ4v) is 2.72. The number of fused-ring (bicyclic) bond motifs is 1. The van der Waals surface area contributed by atoms with Gasteiger partial charge in [-0.3, -0.25) is 4.79 Å². The molecule has 4 atom stereocenters. The van der Waals surface area contributed by atoms with Crippen LogP contribution in [0.1, 0.15) is 43.1 Å². The summed E-state index contributed by atoms with van der Waals surface area (Å²) in [5.74, 6) is -1.58. The third kappa shape index (κ3) is 5.21. The van der Waals surface area contributed by atoms with Crippen molar-refractivity contribution in [2.24, 2.45) is 5.92 Å². The van der Waals surface area contributed by atoms with Gasteiger partial charge in [0.2, 0.25) is 0 Å². The molecule has 0 bridgehead atoms. The standard InChI is InChI=1S/C21H26O7/c1-4-27-15-10-14-6-5-7-16(22)20(25)17(23)9-8-12(2)13(3)28-21(26)19(14)18(24)11-15/h5-6,8-13,16,20,22,24-25H,4,7H2,1-3H3/b6-5+,9-8-/t12-,13+,16+,20+/m1/s1. The van der Waals surface area contributed by atoms with Gasteiger partial charge in [0, 0.05) is 12.0 Å². The summed E-state index contributed by atoms with van der Waals surface area (Å²) >= 11 is 0. The highest BCUT2D eigenvalue weighted by Crippen LogP contribution is 2.31. The van der Waals surface area contributed by atoms with Gasteiger partial charge >= 0.3 is 5.97 Å². The van der Waals surface area contributed by atoms with Crippen LogP contribution in [-0.2, 0) is 9.53 Å². The largest absolute Gasteiger partial charge is 0.507 e. The first kappa shape index (κ1) is 21.7. The van der Waals surface area contributed by atoms with Crippen molar-refractivity contribution in [3.63, 3.8) is 0 Å². The number of carbonyl (C=O) groups is 2. The number of ether oxygens (including phenoxy) is 2. The number of rotatable bonds is 2. The zero-order valence-electron chi connectivity index (χ0n) is 16.2. The normalized spacial score (nSPS) is 28.6. The predicted molar refractivity (Wildman–Crippen MR) is 103 cm³/mol. The van der Waals surface area contributed by atoms with Crippen molar-refractivity contribution in [1.29, 1.82) is 0 Å². The monoisotopic (exact) mass is 390 g/mol. The van der Waals surface area contributed by atoms with Crippen LogP contribution in [0, 0.1) is 5.92 Å². The molecule has 1 aromatic rings. The van der Waals surface area contributed by atoms with E-state index in [-0.39, 0.29) is 23.7 Å². The molecule has 2 rings (SSSR count). The van der Waals surface area contributed by atoms with Gasteiger partial charge in [-0.2, -0.15) is 0 Å². The van der Waals surface area contributed by atoms with Crippen LogP contribution >= 0.6 is 0 Å². The molecule has 1 aliphatic heterocycles. The van der Waals surface area contributed by atoms with Crippen LogP contribution in [0.15, 0.2) is 30.4 Å². The van der Waals surface area contributed by atoms with Gasteiger partial charge in [-0.05, 0) is 38.0 Å². The Bertz CT molecular complexity index is 781. The van der Waals surface area contributed by atoms with Gasteiger partial charge in [0.15, 0.2) is 5.78 Å². The zero-order valence-corrected chi connectivity index (χ0v) is 16.2. The average molecular weight is 390 g/mol. The van der Waals surface area contributed by atoms with Crippen molar-refractivity contribution in [1.82, 2.24) is 0 Å². The highest BCUT2D eigenvalue weighted by atomic mass is 16.5. The number of hydrogen-bond donors (Lipinski definition) is 3. The van der Waals surface area contributed by atoms with E-state index in [2.05, 4.69) is 0 Å². The molecule has 1 aromatic carbocycles. The number of aliphatic hydroxyl groups is 2. The topological polar surface area (TPSA) is 113 Å². The summed E-state index contributed by atoms with van der Waals surface area (Å²) in [5, 5.41) is 30.4. The molecule has 7 heteroatoms. The average Bonchev–Trinajstić information content (AvgIpc) is 2.64. The van der Waals surface area contributed by atoms with Crippen LogP contribution < -0.4 is 4.74 Å². The number of ketones is 1. The van der Waals surface area contributed by atoms with E-state index in [1.807, 2.05) is 0 Å². The lowest BCUT2D eigenvalue weighted by molar-refractivity contribution is -0.127. The lowest BCUT2D eigenvalue weighted by Gasteiger charge is -2.20. The maximum Gasteiger partial charge on any atom is 0.342 e. The van der Waals surface area contributed by atoms with Gasteiger partial charge in [0.25, 0.3) is 0 Å². The van der Waals surface area contributed by atoms with Crippen LogP contribution in [0.5, 0.6) is 11.5 Å². The zero-order chi connectivity index (χ0) is 20.8. The minimum Gasteiger partial charge on any atom is -0.507 e. The van der Waals surface area contributed by atoms with Crippen molar-refractivity contribution < 1.29 is 34.4 Å². The number of aliphatic hydroxyl groups excluding tert-OH is 2. The number of esters is 1. The first-order chi connectivity index (χ1) is 13.2. The summed E-state index contributed by atoms with van der Waals surface area (Å²) in [5.41, 5.74) is 0.319. The Morgan fingerprint density at radius 3 is 2.57 bits per heavy atom. The molecule has 1 heterocycles. The number of carbonyl (C=O) groups excluding carboxylic acids is 2. The quantitative estimate of drug-likeness (QED) is 0.664. The fourth-order valence-electron chi connectivity index (χ4n) is 2.72. The minimum atomic E-state index is -1.56. The molecule has 0 aromatic heterocycles. The third-order valence-electron chi connectivity index (χ3n) is 4.57. The predicted octanol–water partition coefficient (Wildman–Crippen LogP) is 2.24. The maximum atomic E-state index is 12.7. The number of benzene rings is 1. The van der Waals surface area contributed by atoms with E-state index in [9.17, 15) is 24.9 Å². The molecule has 0 radical (unpaired) electrons. The first-order valence-corrected chi connectivity index (χ1v) is 9.20. The molecule has 152 valence electrons. The van der Waals surface area contributed by atoms with Crippen molar-refractivity contribution >= 4 is 17.8 Å². The molecular formula is C21H26O7. The Labute approximate surface area is 163 Å². The van der Waals surface area contributed by atoms with Gasteiger partial charge < -0.3 is 24.8 Å². The smallest absolute Gasteiger partial charge is 0.342 e. The van der Waals surface area contributed by atoms with Crippen LogP contribution in [0.3, 0.4) is 0 Å². The highest BCUT2D eigenvalue weighted by Gasteiger charge is 2.25. The third-order valence-corrected chi connectivity index (χ3v) is 4.57. The molecule has 0 saturated carbocycles. The van der Waals surface area contributed by atoms with E-state index in [0.29, 0.717) is 17.9 Å². The summed E-state index contributed by atoms with van der Waals surface area (Å²) in [6.07, 6.45) is 2.22. The maximum absolute atomic E-state index is 12.7. The Morgan fingerprint density at radius 1 is 1.18 bits per heavy atom. The molecule has 0 fully saturated rings. The molecular weight excluding hydrogens is 364 g/mol. The molecule has 0 unspecified atom stereocenters. The van der Waals surface area contributed by atoms with E-state index >= 15 is 0 Å². The Morgan fingerprint density at radius 2 is 1.89 bits per heavy atom. The van der Waals surface area contributed by atoms with Crippen LogP contribution in [0.4, 0.5) is 0 Å². The second-order valence-corrected chi connectivity index (χ2v) is 6.72. The number of cyclic esters (lactones) is 1. The number of phenolic OH excluding ortho intramolecular Hbond substituents is 1. The molecule has 0 saturated heterocycles. The summed E-state index contributed by atoms with van der Waals surface area (Å²) in [7, 11) is 0. The molecule has 0 spiro atoms.